The van der Waals surface area contributed by atoms with Crippen molar-refractivity contribution in [3.05, 3.63) is 22.8 Å². The van der Waals surface area contributed by atoms with E-state index in [1.54, 1.807) is 6.92 Å². The van der Waals surface area contributed by atoms with Crippen LogP contribution in [0.15, 0.2) is 22.8 Å². The van der Waals surface area contributed by atoms with E-state index in [9.17, 15) is 9.59 Å². The summed E-state index contributed by atoms with van der Waals surface area (Å²) < 4.78 is 0. The first-order valence-corrected chi connectivity index (χ1v) is 6.62. The molecule has 0 aliphatic heterocycles. The third kappa shape index (κ3) is 3.94. The topological polar surface area (TPSA) is 34.1 Å². The lowest BCUT2D eigenvalue weighted by atomic mass is 9.71. The molecule has 0 saturated heterocycles. The molecule has 1 aliphatic carbocycles. The zero-order chi connectivity index (χ0) is 13.9. The first-order valence-electron chi connectivity index (χ1n) is 6.62. The van der Waals surface area contributed by atoms with Crippen molar-refractivity contribution in [2.24, 2.45) is 5.41 Å². The van der Waals surface area contributed by atoms with Gasteiger partial charge >= 0.3 is 0 Å². The van der Waals surface area contributed by atoms with E-state index in [2.05, 4.69) is 19.9 Å². The van der Waals surface area contributed by atoms with Gasteiger partial charge in [0.2, 0.25) is 0 Å². The number of Topliss-reactive ketones (excluding diaryl/α,β-unsaturated/α-hetero) is 2. The average Bonchev–Trinajstić information content (AvgIpc) is 2.12. The van der Waals surface area contributed by atoms with Crippen molar-refractivity contribution in [1.82, 2.24) is 0 Å². The van der Waals surface area contributed by atoms with Crippen LogP contribution in [-0.4, -0.2) is 11.6 Å². The minimum Gasteiger partial charge on any atom is -0.300 e. The van der Waals surface area contributed by atoms with Gasteiger partial charge in [0.1, 0.15) is 5.78 Å². The molecule has 0 aromatic carbocycles. The molecule has 0 radical (unpaired) electrons. The first kappa shape index (κ1) is 14.9. The van der Waals surface area contributed by atoms with Crippen LogP contribution in [0.3, 0.4) is 0 Å². The molecule has 0 spiro atoms. The predicted molar refractivity (Wildman–Crippen MR) is 74.4 cm³/mol. The summed E-state index contributed by atoms with van der Waals surface area (Å²) in [6, 6.07) is 0. The van der Waals surface area contributed by atoms with Gasteiger partial charge in [-0.3, -0.25) is 4.79 Å². The molecule has 0 amide bonds. The van der Waals surface area contributed by atoms with E-state index in [1.165, 1.54) is 0 Å². The molecule has 100 valence electrons. The largest absolute Gasteiger partial charge is 0.300 e. The Balaban J connectivity index is 2.99. The van der Waals surface area contributed by atoms with Gasteiger partial charge in [0, 0.05) is 18.4 Å². The molecule has 0 bridgehead atoms. The molecule has 1 fully saturated rings. The summed E-state index contributed by atoms with van der Waals surface area (Å²) >= 11 is 0. The Labute approximate surface area is 110 Å². The monoisotopic (exact) mass is 248 g/mol. The standard InChI is InChI=1S/C16H24O2/c1-11(2)15-13(8-6-7-12(3)17)9-16(4,5)10-14(15)18/h8H,6-7,9-10H2,1-5H3/b13-8+. The van der Waals surface area contributed by atoms with Gasteiger partial charge in [0.15, 0.2) is 5.78 Å². The molecule has 1 aliphatic rings. The summed E-state index contributed by atoms with van der Waals surface area (Å²) in [5.41, 5.74) is 3.16. The predicted octanol–water partition coefficient (Wildman–Crippen LogP) is 4.01. The lowest BCUT2D eigenvalue weighted by molar-refractivity contribution is -0.118. The molecular formula is C16H24O2. The van der Waals surface area contributed by atoms with Crippen molar-refractivity contribution in [2.45, 2.75) is 60.3 Å². The average molecular weight is 248 g/mol. The van der Waals surface area contributed by atoms with Crippen LogP contribution in [0.1, 0.15) is 60.3 Å². The lowest BCUT2D eigenvalue weighted by Crippen LogP contribution is -2.27. The maximum absolute atomic E-state index is 12.2. The minimum atomic E-state index is 0.0398. The van der Waals surface area contributed by atoms with Crippen LogP contribution < -0.4 is 0 Å². The molecule has 0 unspecified atom stereocenters. The Morgan fingerprint density at radius 2 is 1.83 bits per heavy atom. The zero-order valence-electron chi connectivity index (χ0n) is 12.2. The molecule has 1 saturated carbocycles. The molecular weight excluding hydrogens is 224 g/mol. The molecule has 18 heavy (non-hydrogen) atoms. The van der Waals surface area contributed by atoms with E-state index in [1.807, 2.05) is 13.8 Å². The molecule has 2 nitrogen and oxygen atoms in total. The highest BCUT2D eigenvalue weighted by Crippen LogP contribution is 2.40. The summed E-state index contributed by atoms with van der Waals surface area (Å²) in [5, 5.41) is 0. The summed E-state index contributed by atoms with van der Waals surface area (Å²) in [4.78, 5) is 23.2. The van der Waals surface area contributed by atoms with Crippen molar-refractivity contribution < 1.29 is 9.59 Å². The zero-order valence-corrected chi connectivity index (χ0v) is 12.2. The Hall–Kier alpha value is -1.18. The Kier molecular flexibility index (Phi) is 4.66. The quantitative estimate of drug-likeness (QED) is 0.707. The van der Waals surface area contributed by atoms with Crippen molar-refractivity contribution in [3.63, 3.8) is 0 Å². The SMILES string of the molecule is CC(=O)CC/C=C1\CC(C)(C)CC(=O)C1=C(C)C. The van der Waals surface area contributed by atoms with E-state index in [0.29, 0.717) is 12.8 Å². The van der Waals surface area contributed by atoms with Gasteiger partial charge in [-0.25, -0.2) is 0 Å². The van der Waals surface area contributed by atoms with Crippen LogP contribution in [0.4, 0.5) is 0 Å². The molecule has 0 heterocycles. The third-order valence-corrected chi connectivity index (χ3v) is 3.30. The van der Waals surface area contributed by atoms with Gasteiger partial charge in [-0.15, -0.1) is 0 Å². The summed E-state index contributed by atoms with van der Waals surface area (Å²) in [5.74, 6) is 0.451. The van der Waals surface area contributed by atoms with Crippen molar-refractivity contribution in [2.75, 3.05) is 0 Å². The summed E-state index contributed by atoms with van der Waals surface area (Å²) in [7, 11) is 0. The van der Waals surface area contributed by atoms with Crippen LogP contribution in [0.2, 0.25) is 0 Å². The molecule has 0 N–H and O–H groups in total. The molecule has 0 aromatic heterocycles. The first-order chi connectivity index (χ1) is 8.23. The van der Waals surface area contributed by atoms with Crippen LogP contribution in [0, 0.1) is 5.41 Å². The Morgan fingerprint density at radius 3 is 2.33 bits per heavy atom. The van der Waals surface area contributed by atoms with Crippen LogP contribution in [0.25, 0.3) is 0 Å². The number of rotatable bonds is 3. The Morgan fingerprint density at radius 1 is 1.22 bits per heavy atom. The van der Waals surface area contributed by atoms with Gasteiger partial charge in [0.25, 0.3) is 0 Å². The Bertz CT molecular complexity index is 418. The molecule has 0 aromatic rings. The van der Waals surface area contributed by atoms with Crippen LogP contribution in [0.5, 0.6) is 0 Å². The highest BCUT2D eigenvalue weighted by atomic mass is 16.1. The fraction of sp³-hybridized carbons (Fsp3) is 0.625. The number of hydrogen-bond acceptors (Lipinski definition) is 2. The second-order valence-electron chi connectivity index (χ2n) is 6.29. The summed E-state index contributed by atoms with van der Waals surface area (Å²) in [6.45, 7) is 9.85. The number of allylic oxidation sites excluding steroid dienone is 4. The van der Waals surface area contributed by atoms with Crippen molar-refractivity contribution >= 4 is 11.6 Å². The fourth-order valence-electron chi connectivity index (χ4n) is 2.59. The number of carbonyl (C=O) groups is 2. The van der Waals surface area contributed by atoms with E-state index in [-0.39, 0.29) is 17.0 Å². The number of carbonyl (C=O) groups excluding carboxylic acids is 2. The van der Waals surface area contributed by atoms with E-state index in [0.717, 1.165) is 29.6 Å². The highest BCUT2D eigenvalue weighted by molar-refractivity contribution is 6.01. The molecule has 2 heteroatoms. The van der Waals surface area contributed by atoms with Crippen LogP contribution >= 0.6 is 0 Å². The van der Waals surface area contributed by atoms with Gasteiger partial charge in [0.05, 0.1) is 0 Å². The second kappa shape index (κ2) is 5.64. The smallest absolute Gasteiger partial charge is 0.163 e. The highest BCUT2D eigenvalue weighted by Gasteiger charge is 2.33. The van der Waals surface area contributed by atoms with Crippen molar-refractivity contribution in [1.29, 1.82) is 0 Å². The third-order valence-electron chi connectivity index (χ3n) is 3.30. The van der Waals surface area contributed by atoms with E-state index >= 15 is 0 Å². The second-order valence-corrected chi connectivity index (χ2v) is 6.29. The maximum Gasteiger partial charge on any atom is 0.163 e. The fourth-order valence-corrected chi connectivity index (χ4v) is 2.59. The van der Waals surface area contributed by atoms with Gasteiger partial charge in [-0.05, 0) is 44.6 Å². The maximum atomic E-state index is 12.2. The van der Waals surface area contributed by atoms with E-state index < -0.39 is 0 Å². The molecule has 0 atom stereocenters. The molecule has 1 rings (SSSR count). The van der Waals surface area contributed by atoms with Crippen LogP contribution in [-0.2, 0) is 9.59 Å². The van der Waals surface area contributed by atoms with Gasteiger partial charge in [-0.1, -0.05) is 25.5 Å². The number of hydrogen-bond donors (Lipinski definition) is 0. The van der Waals surface area contributed by atoms with E-state index in [4.69, 9.17) is 0 Å². The van der Waals surface area contributed by atoms with Gasteiger partial charge in [-0.2, -0.15) is 0 Å². The van der Waals surface area contributed by atoms with Gasteiger partial charge < -0.3 is 4.79 Å². The normalized spacial score (nSPS) is 21.3. The summed E-state index contributed by atoms with van der Waals surface area (Å²) in [6.07, 6.45) is 4.94. The lowest BCUT2D eigenvalue weighted by Gasteiger charge is -2.32. The number of ketones is 2. The minimum absolute atomic E-state index is 0.0398. The van der Waals surface area contributed by atoms with Crippen molar-refractivity contribution in [3.8, 4) is 0 Å².